The molecule has 0 saturated carbocycles. The van der Waals surface area contributed by atoms with E-state index in [1.54, 1.807) is 48.5 Å². The van der Waals surface area contributed by atoms with Gasteiger partial charge in [0, 0.05) is 46.9 Å². The molecule has 0 bridgehead atoms. The largest absolute Gasteiger partial charge is 0.487 e. The molecule has 0 aliphatic heterocycles. The lowest BCUT2D eigenvalue weighted by Gasteiger charge is -2.15. The van der Waals surface area contributed by atoms with Crippen molar-refractivity contribution in [3.63, 3.8) is 0 Å². The molecule has 0 fully saturated rings. The number of carboxylic acid groups (broad SMARTS) is 4. The number of aliphatic carboxylic acids is 4. The minimum Gasteiger partial charge on any atom is -0.487 e. The molecule has 8 rings (SSSR count). The number of anilines is 4. The smallest absolute Gasteiger partial charge is 0.416 e. The predicted molar refractivity (Wildman–Crippen MR) is 436 cm³/mol. The van der Waals surface area contributed by atoms with Gasteiger partial charge in [0.15, 0.2) is 17.2 Å². The average Bonchev–Trinajstić information content (AvgIpc) is 0.801. The van der Waals surface area contributed by atoms with E-state index in [0.29, 0.717) is 58.1 Å². The molecule has 46 heteroatoms. The summed E-state index contributed by atoms with van der Waals surface area (Å²) in [6.07, 6.45) is -7.86. The van der Waals surface area contributed by atoms with E-state index < -0.39 is 119 Å². The molecule has 117 heavy (non-hydrogen) atoms. The van der Waals surface area contributed by atoms with Crippen LogP contribution in [-0.4, -0.2) is 122 Å². The van der Waals surface area contributed by atoms with Crippen molar-refractivity contribution in [2.24, 2.45) is 0 Å². The summed E-state index contributed by atoms with van der Waals surface area (Å²) < 4.78 is 215. The fraction of sp³-hybridized carbons (Fsp3) is 0.254. The summed E-state index contributed by atoms with van der Waals surface area (Å²) in [5.74, 6) is -4.77. The third kappa shape index (κ3) is 36.1. The van der Waals surface area contributed by atoms with Crippen molar-refractivity contribution < 1.29 is 128 Å². The predicted octanol–water partition coefficient (Wildman–Crippen LogP) is 17.8. The van der Waals surface area contributed by atoms with E-state index in [-0.39, 0.29) is 128 Å². The summed E-state index contributed by atoms with van der Waals surface area (Å²) >= 11 is 49.3. The van der Waals surface area contributed by atoms with Gasteiger partial charge in [-0.15, -0.1) is 0 Å². The zero-order chi connectivity index (χ0) is 88.2. The Balaban J connectivity index is 0.000000279. The number of rotatable bonds is 32. The maximum absolute atomic E-state index is 13.4. The van der Waals surface area contributed by atoms with E-state index in [4.69, 9.17) is 121 Å². The number of hydrogen-bond donors (Lipinski definition) is 9. The summed E-state index contributed by atoms with van der Waals surface area (Å²) in [5.41, 5.74) is 1.88. The van der Waals surface area contributed by atoms with E-state index in [0.717, 1.165) is 54.3 Å². The lowest BCUT2D eigenvalue weighted by Crippen LogP contribution is -2.29. The van der Waals surface area contributed by atoms with Crippen LogP contribution in [0.1, 0.15) is 78.8 Å². The van der Waals surface area contributed by atoms with Crippen LogP contribution in [0.5, 0.6) is 23.0 Å². The number of amides is 1. The number of benzene rings is 8. The molecule has 9 N–H and O–H groups in total. The second-order valence-electron chi connectivity index (χ2n) is 24.8. The van der Waals surface area contributed by atoms with Crippen molar-refractivity contribution in [3.8, 4) is 23.0 Å². The van der Waals surface area contributed by atoms with Crippen LogP contribution in [0.4, 0.5) is 53.5 Å². The lowest BCUT2D eigenvalue weighted by atomic mass is 10.1. The van der Waals surface area contributed by atoms with Gasteiger partial charge in [0.05, 0.1) is 80.9 Å². The van der Waals surface area contributed by atoms with Gasteiger partial charge in [-0.2, -0.15) is 26.3 Å². The molecular weight excluding hydrogens is 1930 g/mol. The molecule has 0 radical (unpaired) electrons. The van der Waals surface area contributed by atoms with E-state index in [1.165, 1.54) is 36.4 Å². The Morgan fingerprint density at radius 2 is 0.718 bits per heavy atom. The number of carbonyl (C=O) groups excluding carboxylic acids is 1. The summed E-state index contributed by atoms with van der Waals surface area (Å²) in [5, 5.41) is 38.1. The first-order chi connectivity index (χ1) is 53.9. The van der Waals surface area contributed by atoms with Crippen LogP contribution in [0.3, 0.4) is 0 Å². The molecule has 0 saturated heterocycles. The highest BCUT2D eigenvalue weighted by atomic mass is 79.9. The van der Waals surface area contributed by atoms with Crippen molar-refractivity contribution in [1.82, 2.24) is 5.32 Å². The normalized spacial score (nSPS) is 11.8. The monoisotopic (exact) mass is 1990 g/mol. The maximum atomic E-state index is 13.4. The molecule has 1 amide bonds. The van der Waals surface area contributed by atoms with Gasteiger partial charge in [-0.1, -0.05) is 87.3 Å². The maximum Gasteiger partial charge on any atom is 0.416 e. The highest BCUT2D eigenvalue weighted by Gasteiger charge is 2.33. The Labute approximate surface area is 716 Å². The van der Waals surface area contributed by atoms with E-state index in [9.17, 15) is 88.4 Å². The number of hydrogen-bond acceptors (Lipinski definition) is 17. The quantitative estimate of drug-likeness (QED) is 0.0177. The number of halogens is 16. The molecule has 0 heterocycles. The molecule has 0 spiro atoms. The Morgan fingerprint density at radius 3 is 1.03 bits per heavy atom. The molecule has 1 atom stereocenters. The number of sulfonamides is 4. The molecule has 0 aliphatic rings. The average molecular weight is 1990 g/mol. The summed E-state index contributed by atoms with van der Waals surface area (Å²) in [4.78, 5) is 54.5. The van der Waals surface area contributed by atoms with Gasteiger partial charge >= 0.3 is 36.2 Å². The number of nitrogens with one attached hydrogen (secondary N) is 5. The second-order valence-corrected chi connectivity index (χ2v) is 36.4. The van der Waals surface area contributed by atoms with Gasteiger partial charge in [0.25, 0.3) is 5.91 Å². The standard InChI is InChI=1S/C18H15Br2F3N2O6S.C18H15Cl2F4NO5S.C18H19Cl2NO5S.C17H16Cl3NO5S/c1-32(29,30)25-12-3-9(2-11(6-12)18(21,22)23)8-31-16-13(19)4-10(5-14(16)20)17(28)24-7-15(26)27;1-31(28,29)25-12-3-10(2-11(7-12)18(22,23)24)8-30-16-13(19)4-9(5-14(16)20)6-15(21)17(26)27;1-11-5-13(7-14(6-11)21-27(2,24)25)10-26-18-15(19)8-12(9-16(18)20)3-4-17(22)23;1-27(24,25)21-13-5-11(4-12(18)8-13)9-26-17-14(19)6-10(7-15(17)20)2-3-16(22)23/h2-6,25H,7-8H2,1H3,(H,24,28)(H,26,27);2-5,7,15,25H,6,8H2,1H3,(H,26,27);5-9,21H,3-4,10H2,1-2H3,(H,22,23);4-8,21H,2-3,9H2,1H3,(H,22,23). The van der Waals surface area contributed by atoms with Crippen LogP contribution in [-0.2, 0) is 117 Å². The first kappa shape index (κ1) is 99.4. The Hall–Kier alpha value is -8.19. The zero-order valence-corrected chi connectivity index (χ0v) is 72.3. The Morgan fingerprint density at radius 1 is 0.410 bits per heavy atom. The highest BCUT2D eigenvalue weighted by molar-refractivity contribution is 9.11. The topological polar surface area (TPSA) is 400 Å². The van der Waals surface area contributed by atoms with E-state index in [1.807, 2.05) is 22.4 Å². The molecule has 1 unspecified atom stereocenters. The van der Waals surface area contributed by atoms with Crippen molar-refractivity contribution in [2.75, 3.05) is 50.5 Å². The van der Waals surface area contributed by atoms with E-state index >= 15 is 0 Å². The van der Waals surface area contributed by atoms with Crippen molar-refractivity contribution in [3.05, 3.63) is 227 Å². The third-order valence-electron chi connectivity index (χ3n) is 14.3. The summed E-state index contributed by atoms with van der Waals surface area (Å²) in [6, 6.07) is 26.7. The molecule has 8 aromatic rings. The molecule has 0 aromatic heterocycles. The molecule has 636 valence electrons. The van der Waals surface area contributed by atoms with Crippen LogP contribution in [0.25, 0.3) is 0 Å². The first-order valence-corrected chi connectivity index (χ1v) is 44.2. The Bertz CT molecular complexity index is 5270. The van der Waals surface area contributed by atoms with Gasteiger partial charge < -0.3 is 44.7 Å². The molecular formula is C71H65Br2Cl7F7N5O21S4. The van der Waals surface area contributed by atoms with Gasteiger partial charge in [-0.05, 0) is 211 Å². The van der Waals surface area contributed by atoms with Crippen LogP contribution in [0.15, 0.2) is 130 Å². The van der Waals surface area contributed by atoms with Crippen molar-refractivity contribution >= 4 is 206 Å². The van der Waals surface area contributed by atoms with Crippen molar-refractivity contribution in [2.45, 2.75) is 84.0 Å². The fourth-order valence-electron chi connectivity index (χ4n) is 9.81. The first-order valence-electron chi connectivity index (χ1n) is 32.4. The van der Waals surface area contributed by atoms with Gasteiger partial charge in [0.2, 0.25) is 46.3 Å². The number of carbonyl (C=O) groups is 5. The van der Waals surface area contributed by atoms with Gasteiger partial charge in [0.1, 0.15) is 38.7 Å². The minimum absolute atomic E-state index is 0.0216. The zero-order valence-electron chi connectivity index (χ0n) is 60.6. The number of alkyl halides is 7. The molecule has 0 aliphatic carbocycles. The van der Waals surface area contributed by atoms with Gasteiger partial charge in [-0.3, -0.25) is 38.1 Å². The summed E-state index contributed by atoms with van der Waals surface area (Å²) in [6.45, 7) is 0.632. The molecule has 8 aromatic carbocycles. The molecule has 26 nitrogen and oxygen atoms in total. The van der Waals surface area contributed by atoms with Gasteiger partial charge in [-0.25, -0.2) is 42.9 Å². The lowest BCUT2D eigenvalue weighted by molar-refractivity contribution is -0.143. The van der Waals surface area contributed by atoms with Crippen molar-refractivity contribution in [1.29, 1.82) is 0 Å². The number of carboxylic acids is 4. The van der Waals surface area contributed by atoms with Crippen LogP contribution < -0.4 is 43.2 Å². The number of aryl methyl sites for hydroxylation is 3. The van der Waals surface area contributed by atoms with Crippen LogP contribution in [0.2, 0.25) is 35.2 Å². The SMILES string of the molecule is CS(=O)(=O)Nc1cc(COc2c(Br)cc(C(=O)NCC(=O)O)cc2Br)cc(C(F)(F)F)c1.CS(=O)(=O)Nc1cc(COc2c(Cl)cc(CC(F)C(=O)O)cc2Cl)cc(C(F)(F)F)c1.CS(=O)(=O)Nc1cc(Cl)cc(COc2c(Cl)cc(CCC(=O)O)cc2Cl)c1.Cc1cc(COc2c(Cl)cc(CCC(=O)O)cc2Cl)cc(NS(C)(=O)=O)c1. The third-order valence-corrected chi connectivity index (χ3v) is 19.8. The fourth-order valence-corrected chi connectivity index (χ4v) is 15.6. The van der Waals surface area contributed by atoms with E-state index in [2.05, 4.69) is 46.6 Å². The van der Waals surface area contributed by atoms with Crippen LogP contribution >= 0.6 is 113 Å². The summed E-state index contributed by atoms with van der Waals surface area (Å²) in [7, 11) is -14.5. The number of ether oxygens (including phenoxy) is 4. The minimum atomic E-state index is -4.74. The Kier molecular flexibility index (Phi) is 36.7. The highest BCUT2D eigenvalue weighted by Crippen LogP contribution is 2.42. The second kappa shape index (κ2) is 43.2. The van der Waals surface area contributed by atoms with Crippen LogP contribution in [0, 0.1) is 6.92 Å².